The molecule has 3 atom stereocenters. The Morgan fingerprint density at radius 2 is 2.12 bits per heavy atom. The van der Waals surface area contributed by atoms with Gasteiger partial charge in [-0.3, -0.25) is 0 Å². The summed E-state index contributed by atoms with van der Waals surface area (Å²) in [6, 6.07) is 0.506. The summed E-state index contributed by atoms with van der Waals surface area (Å²) in [5.74, 6) is 1.79. The number of hydrogen-bond donors (Lipinski definition) is 2. The van der Waals surface area contributed by atoms with E-state index in [9.17, 15) is 8.42 Å². The highest BCUT2D eigenvalue weighted by atomic mass is 32.2. The van der Waals surface area contributed by atoms with Crippen LogP contribution in [0.25, 0.3) is 0 Å². The molecule has 0 unspecified atom stereocenters. The van der Waals surface area contributed by atoms with E-state index in [-0.39, 0.29) is 5.75 Å². The molecule has 17 heavy (non-hydrogen) atoms. The molecule has 0 heterocycles. The van der Waals surface area contributed by atoms with Crippen molar-refractivity contribution in [2.24, 2.45) is 11.8 Å². The van der Waals surface area contributed by atoms with Crippen LogP contribution in [0.2, 0.25) is 0 Å². The van der Waals surface area contributed by atoms with Gasteiger partial charge in [-0.05, 0) is 43.3 Å². The first-order chi connectivity index (χ1) is 7.94. The van der Waals surface area contributed by atoms with Gasteiger partial charge in [-0.2, -0.15) is 0 Å². The van der Waals surface area contributed by atoms with Crippen LogP contribution in [-0.2, 0) is 9.84 Å². The van der Waals surface area contributed by atoms with Crippen molar-refractivity contribution in [3.8, 4) is 0 Å². The molecule has 2 bridgehead atoms. The molecule has 2 saturated carbocycles. The maximum atomic E-state index is 11.0. The van der Waals surface area contributed by atoms with Crippen molar-refractivity contribution in [3.05, 3.63) is 0 Å². The van der Waals surface area contributed by atoms with Gasteiger partial charge >= 0.3 is 0 Å². The minimum atomic E-state index is -2.91. The monoisotopic (exact) mass is 276 g/mol. The number of hydrogen-bond acceptors (Lipinski definition) is 3. The predicted octanol–water partition coefficient (Wildman–Crippen LogP) is 0.684. The second-order valence-electron chi connectivity index (χ2n) is 5.31. The van der Waals surface area contributed by atoms with E-state index >= 15 is 0 Å². The molecule has 0 aromatic heterocycles. The first-order valence-corrected chi connectivity index (χ1v) is 8.63. The highest BCUT2D eigenvalue weighted by molar-refractivity contribution is 7.90. The maximum Gasteiger partial charge on any atom is 0.166 e. The molecule has 0 spiro atoms. The van der Waals surface area contributed by atoms with Crippen LogP contribution >= 0.6 is 12.2 Å². The topological polar surface area (TPSA) is 58.2 Å². The summed E-state index contributed by atoms with van der Waals surface area (Å²) in [6.07, 6.45) is 6.48. The zero-order chi connectivity index (χ0) is 12.5. The van der Waals surface area contributed by atoms with Crippen molar-refractivity contribution in [1.29, 1.82) is 0 Å². The molecule has 0 radical (unpaired) electrons. The Kier molecular flexibility index (Phi) is 3.92. The lowest BCUT2D eigenvalue weighted by Crippen LogP contribution is -2.45. The van der Waals surface area contributed by atoms with Crippen LogP contribution in [0.1, 0.15) is 25.7 Å². The molecular weight excluding hydrogens is 256 g/mol. The van der Waals surface area contributed by atoms with Crippen molar-refractivity contribution >= 4 is 27.2 Å². The van der Waals surface area contributed by atoms with Gasteiger partial charge in [0.2, 0.25) is 0 Å². The average molecular weight is 276 g/mol. The highest BCUT2D eigenvalue weighted by Crippen LogP contribution is 2.44. The van der Waals surface area contributed by atoms with Crippen LogP contribution in [0.5, 0.6) is 0 Å². The van der Waals surface area contributed by atoms with Gasteiger partial charge in [-0.1, -0.05) is 6.42 Å². The molecule has 2 fully saturated rings. The molecule has 0 aliphatic heterocycles. The molecule has 0 aromatic rings. The largest absolute Gasteiger partial charge is 0.362 e. The van der Waals surface area contributed by atoms with Crippen molar-refractivity contribution < 1.29 is 8.42 Å². The van der Waals surface area contributed by atoms with E-state index in [1.165, 1.54) is 31.9 Å². The van der Waals surface area contributed by atoms with Gasteiger partial charge in [0.25, 0.3) is 0 Å². The molecule has 6 heteroatoms. The van der Waals surface area contributed by atoms with Gasteiger partial charge in [0, 0.05) is 18.8 Å². The summed E-state index contributed by atoms with van der Waals surface area (Å²) in [4.78, 5) is 0. The molecule has 0 saturated heterocycles. The molecule has 2 aliphatic rings. The van der Waals surface area contributed by atoms with Crippen molar-refractivity contribution in [2.45, 2.75) is 31.7 Å². The third-order valence-corrected chi connectivity index (χ3v) is 5.02. The first-order valence-electron chi connectivity index (χ1n) is 6.16. The number of nitrogens with one attached hydrogen (secondary N) is 2. The number of sulfone groups is 1. The zero-order valence-electron chi connectivity index (χ0n) is 10.1. The van der Waals surface area contributed by atoms with Crippen LogP contribution in [0.4, 0.5) is 0 Å². The number of thiocarbonyl (C=S) groups is 1. The predicted molar refractivity (Wildman–Crippen MR) is 72.7 cm³/mol. The van der Waals surface area contributed by atoms with Crippen molar-refractivity contribution in [3.63, 3.8) is 0 Å². The fourth-order valence-electron chi connectivity index (χ4n) is 2.99. The Hall–Kier alpha value is -0.360. The molecule has 98 valence electrons. The van der Waals surface area contributed by atoms with Gasteiger partial charge in [0.15, 0.2) is 5.11 Å². The van der Waals surface area contributed by atoms with E-state index < -0.39 is 9.84 Å². The van der Waals surface area contributed by atoms with Crippen molar-refractivity contribution in [2.75, 3.05) is 18.6 Å². The van der Waals surface area contributed by atoms with E-state index in [2.05, 4.69) is 10.6 Å². The lowest BCUT2D eigenvalue weighted by atomic mass is 9.96. The molecular formula is C11H20N2O2S2. The quantitative estimate of drug-likeness (QED) is 0.740. The average Bonchev–Trinajstić information content (AvgIpc) is 2.76. The standard InChI is InChI=1S/C11H20N2O2S2/c1-17(14,15)5-4-12-11(16)13-10-7-8-2-3-9(10)6-8/h8-10H,2-7H2,1H3,(H2,12,13,16)/t8-,9-,10-/m0/s1. The minimum Gasteiger partial charge on any atom is -0.362 e. The summed E-state index contributed by atoms with van der Waals surface area (Å²) in [6.45, 7) is 0.394. The zero-order valence-corrected chi connectivity index (χ0v) is 11.7. The summed E-state index contributed by atoms with van der Waals surface area (Å²) in [5.41, 5.74) is 0. The van der Waals surface area contributed by atoms with E-state index in [0.29, 0.717) is 17.7 Å². The fourth-order valence-corrected chi connectivity index (χ4v) is 3.72. The van der Waals surface area contributed by atoms with Crippen LogP contribution < -0.4 is 10.6 Å². The summed E-state index contributed by atoms with van der Waals surface area (Å²) >= 11 is 5.18. The Balaban J connectivity index is 1.68. The first kappa shape index (κ1) is 13.1. The van der Waals surface area contributed by atoms with Crippen LogP contribution in [0.15, 0.2) is 0 Å². The summed E-state index contributed by atoms with van der Waals surface area (Å²) < 4.78 is 21.9. The van der Waals surface area contributed by atoms with Crippen LogP contribution in [0.3, 0.4) is 0 Å². The Morgan fingerprint density at radius 3 is 2.65 bits per heavy atom. The van der Waals surface area contributed by atoms with Gasteiger partial charge in [0.1, 0.15) is 9.84 Å². The molecule has 2 N–H and O–H groups in total. The highest BCUT2D eigenvalue weighted by Gasteiger charge is 2.39. The number of rotatable bonds is 4. The van der Waals surface area contributed by atoms with E-state index in [1.807, 2.05) is 0 Å². The third kappa shape index (κ3) is 3.81. The summed E-state index contributed by atoms with van der Waals surface area (Å²) in [5, 5.41) is 6.89. The second-order valence-corrected chi connectivity index (χ2v) is 7.98. The van der Waals surface area contributed by atoms with E-state index in [1.54, 1.807) is 0 Å². The van der Waals surface area contributed by atoms with Crippen LogP contribution in [0, 0.1) is 11.8 Å². The van der Waals surface area contributed by atoms with Gasteiger partial charge in [0.05, 0.1) is 5.75 Å². The Bertz CT molecular complexity index is 394. The fraction of sp³-hybridized carbons (Fsp3) is 0.909. The molecule has 0 aromatic carbocycles. The third-order valence-electron chi connectivity index (χ3n) is 3.81. The lowest BCUT2D eigenvalue weighted by molar-refractivity contribution is 0.389. The van der Waals surface area contributed by atoms with Gasteiger partial charge in [-0.15, -0.1) is 0 Å². The molecule has 2 aliphatic carbocycles. The normalized spacial score (nSPS) is 31.5. The minimum absolute atomic E-state index is 0.130. The van der Waals surface area contributed by atoms with Gasteiger partial charge in [-0.25, -0.2) is 8.42 Å². The van der Waals surface area contributed by atoms with E-state index in [4.69, 9.17) is 12.2 Å². The maximum absolute atomic E-state index is 11.0. The SMILES string of the molecule is CS(=O)(=O)CCNC(=S)N[C@H]1C[C@H]2CC[C@H]1C2. The molecule has 0 amide bonds. The van der Waals surface area contributed by atoms with E-state index in [0.717, 1.165) is 11.8 Å². The molecule has 2 rings (SSSR count). The number of fused-ring (bicyclic) bond motifs is 2. The Morgan fingerprint density at radius 1 is 1.35 bits per heavy atom. The smallest absolute Gasteiger partial charge is 0.166 e. The second kappa shape index (κ2) is 5.10. The van der Waals surface area contributed by atoms with Crippen molar-refractivity contribution in [1.82, 2.24) is 10.6 Å². The van der Waals surface area contributed by atoms with Crippen LogP contribution in [-0.4, -0.2) is 38.1 Å². The lowest BCUT2D eigenvalue weighted by Gasteiger charge is -2.24. The molecule has 4 nitrogen and oxygen atoms in total. The Labute approximate surface area is 108 Å². The summed E-state index contributed by atoms with van der Waals surface area (Å²) in [7, 11) is -2.91. The van der Waals surface area contributed by atoms with Gasteiger partial charge < -0.3 is 10.6 Å².